The van der Waals surface area contributed by atoms with Crippen molar-refractivity contribution >= 4 is 70.7 Å². The van der Waals surface area contributed by atoms with Gasteiger partial charge in [-0.15, -0.1) is 0 Å². The van der Waals surface area contributed by atoms with Crippen LogP contribution in [0.3, 0.4) is 0 Å². The van der Waals surface area contributed by atoms with Gasteiger partial charge in [0.25, 0.3) is 0 Å². The summed E-state index contributed by atoms with van der Waals surface area (Å²) in [6.07, 6.45) is 0. The molecule has 0 amide bonds. The van der Waals surface area contributed by atoms with Gasteiger partial charge in [-0.3, -0.25) is 0 Å². The molecule has 0 saturated heterocycles. The highest BCUT2D eigenvalue weighted by atomic mass is 15.3. The molecule has 5 heterocycles. The Morgan fingerprint density at radius 3 is 1.02 bits per heavy atom. The van der Waals surface area contributed by atoms with E-state index in [1.807, 2.05) is 0 Å². The average Bonchev–Trinajstić information content (AvgIpc) is 3.88. The van der Waals surface area contributed by atoms with Crippen molar-refractivity contribution in [2.45, 2.75) is 27.7 Å². The number of anilines is 8. The molecule has 270 valence electrons. The summed E-state index contributed by atoms with van der Waals surface area (Å²) in [6.45, 7) is 8.63. The number of para-hydroxylation sites is 5. The fraction of sp³-hybridized carbons (Fsp3) is 0.0800. The van der Waals surface area contributed by atoms with Crippen molar-refractivity contribution in [3.63, 3.8) is 0 Å². The molecule has 1 aromatic heterocycles. The van der Waals surface area contributed by atoms with Crippen LogP contribution in [0.1, 0.15) is 22.3 Å². The van der Waals surface area contributed by atoms with Gasteiger partial charge >= 0.3 is 14.0 Å². The Kier molecular flexibility index (Phi) is 6.72. The minimum atomic E-state index is -0.168. The van der Waals surface area contributed by atoms with Gasteiger partial charge < -0.3 is 23.8 Å². The van der Waals surface area contributed by atoms with E-state index < -0.39 is 0 Å². The summed E-state index contributed by atoms with van der Waals surface area (Å²) in [5, 5.41) is 0. The lowest BCUT2D eigenvalue weighted by atomic mass is 9.60. The normalized spacial score (nSPS) is 14.1. The molecule has 7 heteroatoms. The standard InChI is InChI=1S/C50H39B2N5/c1-32-28-43-45(30-34(32)3)56-41-26-16-14-24-39(41)47-48-40-25-15-17-27-42(40)57-46-31-35(4)33(2)29-44(46)55(38-22-12-7-13-23-38)52(57)50(48)53(36-18-8-5-9-19-36)49(47)51(56)54(43)37-20-10-6-11-21-37/h5-31H,1-4H3. The van der Waals surface area contributed by atoms with Gasteiger partial charge in [0, 0.05) is 61.9 Å². The van der Waals surface area contributed by atoms with Crippen LogP contribution >= 0.6 is 0 Å². The first kappa shape index (κ1) is 32.4. The maximum atomic E-state index is 2.65. The zero-order valence-corrected chi connectivity index (χ0v) is 32.5. The molecule has 7 aromatic carbocycles. The predicted octanol–water partition coefficient (Wildman–Crippen LogP) is 11.0. The van der Waals surface area contributed by atoms with E-state index in [0.29, 0.717) is 0 Å². The lowest BCUT2D eigenvalue weighted by Gasteiger charge is -2.36. The summed E-state index contributed by atoms with van der Waals surface area (Å²) < 4.78 is 2.65. The smallest absolute Gasteiger partial charge is 0.359 e. The van der Waals surface area contributed by atoms with Gasteiger partial charge in [-0.1, -0.05) is 91.0 Å². The van der Waals surface area contributed by atoms with E-state index in [2.05, 4.69) is 215 Å². The van der Waals surface area contributed by atoms with E-state index in [1.165, 1.54) is 101 Å². The van der Waals surface area contributed by atoms with Crippen LogP contribution in [-0.4, -0.2) is 18.5 Å². The van der Waals surface area contributed by atoms with Crippen molar-refractivity contribution in [2.75, 3.05) is 19.2 Å². The number of aromatic nitrogens is 1. The molecule has 5 nitrogen and oxygen atoms in total. The van der Waals surface area contributed by atoms with Crippen LogP contribution in [0.15, 0.2) is 164 Å². The number of hydrogen-bond donors (Lipinski definition) is 0. The van der Waals surface area contributed by atoms with Gasteiger partial charge in [0.1, 0.15) is 0 Å². The van der Waals surface area contributed by atoms with E-state index in [0.717, 1.165) is 5.69 Å². The molecule has 4 aliphatic rings. The molecule has 0 saturated carbocycles. The topological polar surface area (TPSA) is 17.9 Å². The van der Waals surface area contributed by atoms with Crippen LogP contribution in [0.25, 0.3) is 27.9 Å². The molecule has 0 aliphatic carbocycles. The highest BCUT2D eigenvalue weighted by Crippen LogP contribution is 2.57. The third kappa shape index (κ3) is 4.31. The number of fused-ring (bicyclic) bond motifs is 17. The molecule has 0 spiro atoms. The average molecular weight is 732 g/mol. The fourth-order valence-electron chi connectivity index (χ4n) is 10.1. The van der Waals surface area contributed by atoms with Gasteiger partial charge in [0.2, 0.25) is 0 Å². The first-order valence-electron chi connectivity index (χ1n) is 20.0. The molecule has 0 radical (unpaired) electrons. The summed E-state index contributed by atoms with van der Waals surface area (Å²) in [5.74, 6) is 0. The number of benzene rings is 7. The second-order valence-corrected chi connectivity index (χ2v) is 16.0. The van der Waals surface area contributed by atoms with E-state index in [9.17, 15) is 0 Å². The SMILES string of the molecule is Cc1cc2c(cc1C)N1B(c3c(c4c(n3-c3ccccc3)B3N(c5ccccc5)c5cc(C)c(C)cc5N3c3ccccc3-4)-c3ccccc31)N2c1ccccc1. The van der Waals surface area contributed by atoms with Crippen LogP contribution in [0.5, 0.6) is 0 Å². The monoisotopic (exact) mass is 731 g/mol. The Bertz CT molecular complexity index is 2700. The molecule has 0 atom stereocenters. The second-order valence-electron chi connectivity index (χ2n) is 16.0. The number of aryl methyl sites for hydroxylation is 4. The highest BCUT2D eigenvalue weighted by Gasteiger charge is 2.57. The van der Waals surface area contributed by atoms with Crippen molar-refractivity contribution in [1.29, 1.82) is 0 Å². The molecule has 0 N–H and O–H groups in total. The minimum absolute atomic E-state index is 0.168. The first-order valence-corrected chi connectivity index (χ1v) is 20.0. The van der Waals surface area contributed by atoms with Crippen LogP contribution in [0, 0.1) is 27.7 Å². The van der Waals surface area contributed by atoms with E-state index in [1.54, 1.807) is 0 Å². The van der Waals surface area contributed by atoms with E-state index >= 15 is 0 Å². The molecular formula is C50H39B2N5. The van der Waals surface area contributed by atoms with Crippen molar-refractivity contribution in [3.8, 4) is 27.9 Å². The first-order chi connectivity index (χ1) is 28.0. The largest absolute Gasteiger partial charge is 0.439 e. The Morgan fingerprint density at radius 2 is 0.632 bits per heavy atom. The Balaban J connectivity index is 1.27. The maximum Gasteiger partial charge on any atom is 0.439 e. The van der Waals surface area contributed by atoms with Crippen LogP contribution in [0.4, 0.5) is 45.5 Å². The molecule has 0 unspecified atom stereocenters. The minimum Gasteiger partial charge on any atom is -0.359 e. The van der Waals surface area contributed by atoms with E-state index in [-0.39, 0.29) is 14.0 Å². The molecule has 4 aliphatic heterocycles. The van der Waals surface area contributed by atoms with Crippen molar-refractivity contribution in [3.05, 3.63) is 186 Å². The molecule has 12 rings (SSSR count). The lowest BCUT2D eigenvalue weighted by molar-refractivity contribution is 1.13. The summed E-state index contributed by atoms with van der Waals surface area (Å²) in [4.78, 5) is 10.4. The third-order valence-corrected chi connectivity index (χ3v) is 12.9. The second kappa shape index (κ2) is 11.8. The quantitative estimate of drug-likeness (QED) is 0.168. The molecule has 57 heavy (non-hydrogen) atoms. The zero-order valence-electron chi connectivity index (χ0n) is 32.5. The molecular weight excluding hydrogens is 692 g/mol. The summed E-state index contributed by atoms with van der Waals surface area (Å²) >= 11 is 0. The predicted molar refractivity (Wildman–Crippen MR) is 241 cm³/mol. The van der Waals surface area contributed by atoms with Crippen LogP contribution < -0.4 is 30.4 Å². The Hall–Kier alpha value is -6.85. The van der Waals surface area contributed by atoms with Crippen molar-refractivity contribution in [2.24, 2.45) is 0 Å². The van der Waals surface area contributed by atoms with E-state index in [4.69, 9.17) is 0 Å². The maximum absolute atomic E-state index is 2.65. The van der Waals surface area contributed by atoms with Gasteiger partial charge in [0.15, 0.2) is 0 Å². The Morgan fingerprint density at radius 1 is 0.316 bits per heavy atom. The fourth-order valence-corrected chi connectivity index (χ4v) is 10.1. The summed E-state index contributed by atoms with van der Waals surface area (Å²) in [5.41, 5.74) is 23.7. The highest BCUT2D eigenvalue weighted by molar-refractivity contribution is 6.90. The molecule has 8 aromatic rings. The summed E-state index contributed by atoms with van der Waals surface area (Å²) in [6, 6.07) is 60.9. The number of hydrogen-bond acceptors (Lipinski definition) is 4. The van der Waals surface area contributed by atoms with Crippen molar-refractivity contribution < 1.29 is 0 Å². The third-order valence-electron chi connectivity index (χ3n) is 12.9. The van der Waals surface area contributed by atoms with Gasteiger partial charge in [-0.05, 0) is 123 Å². The van der Waals surface area contributed by atoms with Gasteiger partial charge in [-0.2, -0.15) is 0 Å². The number of nitrogens with zero attached hydrogens (tertiary/aromatic N) is 5. The van der Waals surface area contributed by atoms with Gasteiger partial charge in [0.05, 0.1) is 22.7 Å². The number of rotatable bonds is 3. The zero-order chi connectivity index (χ0) is 38.1. The van der Waals surface area contributed by atoms with Crippen LogP contribution in [-0.2, 0) is 0 Å². The lowest BCUT2D eigenvalue weighted by Crippen LogP contribution is -2.61. The van der Waals surface area contributed by atoms with Crippen molar-refractivity contribution in [1.82, 2.24) is 4.57 Å². The summed E-state index contributed by atoms with van der Waals surface area (Å²) in [7, 11) is 0. The molecule has 0 bridgehead atoms. The van der Waals surface area contributed by atoms with Gasteiger partial charge in [-0.25, -0.2) is 0 Å². The molecule has 0 fully saturated rings. The Labute approximate surface area is 334 Å². The van der Waals surface area contributed by atoms with Crippen LogP contribution in [0.2, 0.25) is 0 Å².